The summed E-state index contributed by atoms with van der Waals surface area (Å²) in [6, 6.07) is 4.96. The molecule has 102 valence electrons. The number of amides is 2. The van der Waals surface area contributed by atoms with Crippen LogP contribution in [-0.4, -0.2) is 27.5 Å². The average molecular weight is 303 g/mol. The molecule has 0 aliphatic carbocycles. The van der Waals surface area contributed by atoms with Crippen LogP contribution in [0.15, 0.2) is 23.1 Å². The van der Waals surface area contributed by atoms with E-state index in [4.69, 9.17) is 22.6 Å². The van der Waals surface area contributed by atoms with Crippen LogP contribution >= 0.6 is 11.6 Å². The Balaban J connectivity index is 2.78. The molecule has 19 heavy (non-hydrogen) atoms. The van der Waals surface area contributed by atoms with E-state index in [-0.39, 0.29) is 28.6 Å². The molecule has 2 amide bonds. The molecule has 0 heterocycles. The number of carbonyl (C=O) groups is 1. The van der Waals surface area contributed by atoms with Crippen LogP contribution < -0.4 is 15.8 Å². The second-order valence-electron chi connectivity index (χ2n) is 3.45. The van der Waals surface area contributed by atoms with Crippen molar-refractivity contribution in [1.82, 2.24) is 10.0 Å². The molecule has 0 atom stereocenters. The summed E-state index contributed by atoms with van der Waals surface area (Å²) in [4.78, 5) is 10.3. The van der Waals surface area contributed by atoms with E-state index in [1.807, 2.05) is 6.07 Å². The number of carbonyl (C=O) groups excluding carboxylic acids is 1. The van der Waals surface area contributed by atoms with E-state index in [0.717, 1.165) is 0 Å². The zero-order valence-electron chi connectivity index (χ0n) is 9.68. The summed E-state index contributed by atoms with van der Waals surface area (Å²) < 4.78 is 26.0. The summed E-state index contributed by atoms with van der Waals surface area (Å²) in [5.74, 6) is 0. The minimum atomic E-state index is -3.80. The van der Waals surface area contributed by atoms with Crippen molar-refractivity contribution in [1.29, 1.82) is 5.26 Å². The van der Waals surface area contributed by atoms with E-state index in [0.29, 0.717) is 0 Å². The van der Waals surface area contributed by atoms with E-state index < -0.39 is 16.1 Å². The Bertz CT molecular complexity index is 624. The highest BCUT2D eigenvalue weighted by Crippen LogP contribution is 2.22. The van der Waals surface area contributed by atoms with Crippen LogP contribution in [0.2, 0.25) is 5.02 Å². The van der Waals surface area contributed by atoms with E-state index in [9.17, 15) is 13.2 Å². The highest BCUT2D eigenvalue weighted by molar-refractivity contribution is 7.89. The Morgan fingerprint density at radius 2 is 2.11 bits per heavy atom. The molecule has 0 radical (unpaired) electrons. The number of nitriles is 1. The molecule has 0 unspecified atom stereocenters. The van der Waals surface area contributed by atoms with Gasteiger partial charge in [0.2, 0.25) is 10.0 Å². The van der Waals surface area contributed by atoms with Crippen molar-refractivity contribution in [3.05, 3.63) is 28.8 Å². The number of hydrogen-bond acceptors (Lipinski definition) is 4. The normalized spacial score (nSPS) is 10.7. The van der Waals surface area contributed by atoms with Crippen LogP contribution in [0.1, 0.15) is 5.56 Å². The lowest BCUT2D eigenvalue weighted by atomic mass is 10.2. The number of sulfonamides is 1. The van der Waals surface area contributed by atoms with Crippen LogP contribution in [0.5, 0.6) is 0 Å². The van der Waals surface area contributed by atoms with Gasteiger partial charge in [-0.25, -0.2) is 17.9 Å². The molecule has 0 spiro atoms. The van der Waals surface area contributed by atoms with Gasteiger partial charge >= 0.3 is 6.03 Å². The van der Waals surface area contributed by atoms with Crippen molar-refractivity contribution < 1.29 is 13.2 Å². The summed E-state index contributed by atoms with van der Waals surface area (Å²) in [5, 5.41) is 10.8. The fourth-order valence-electron chi connectivity index (χ4n) is 1.24. The van der Waals surface area contributed by atoms with Gasteiger partial charge in [-0.2, -0.15) is 5.26 Å². The fraction of sp³-hybridized carbons (Fsp3) is 0.200. The third-order valence-corrected chi connectivity index (χ3v) is 4.01. The molecular formula is C10H11ClN4O3S. The van der Waals surface area contributed by atoms with Gasteiger partial charge in [0.25, 0.3) is 0 Å². The highest BCUT2D eigenvalue weighted by Gasteiger charge is 2.17. The standard InChI is InChI=1S/C10H11ClN4O3S/c11-8-5-7(6-12)1-2-9(8)19(17,18)15-4-3-14-10(13)16/h1-2,5,15H,3-4H2,(H3,13,14,16). The lowest BCUT2D eigenvalue weighted by Crippen LogP contribution is -2.37. The molecule has 0 bridgehead atoms. The molecule has 0 aliphatic heterocycles. The predicted molar refractivity (Wildman–Crippen MR) is 68.9 cm³/mol. The number of urea groups is 1. The van der Waals surface area contributed by atoms with Crippen LogP contribution in [0.25, 0.3) is 0 Å². The molecule has 0 aromatic heterocycles. The molecule has 0 saturated carbocycles. The molecule has 1 rings (SSSR count). The maximum Gasteiger partial charge on any atom is 0.312 e. The number of nitrogens with one attached hydrogen (secondary N) is 2. The second kappa shape index (κ2) is 6.38. The van der Waals surface area contributed by atoms with Crippen molar-refractivity contribution in [3.63, 3.8) is 0 Å². The summed E-state index contributed by atoms with van der Waals surface area (Å²) in [7, 11) is -3.80. The van der Waals surface area contributed by atoms with Crippen molar-refractivity contribution in [2.45, 2.75) is 4.90 Å². The third kappa shape index (κ3) is 4.40. The zero-order valence-corrected chi connectivity index (χ0v) is 11.3. The van der Waals surface area contributed by atoms with Gasteiger partial charge in [-0.3, -0.25) is 0 Å². The zero-order chi connectivity index (χ0) is 14.5. The summed E-state index contributed by atoms with van der Waals surface area (Å²) in [5.41, 5.74) is 5.09. The minimum absolute atomic E-state index is 0.0262. The van der Waals surface area contributed by atoms with Crippen LogP contribution in [0.3, 0.4) is 0 Å². The second-order valence-corrected chi connectivity index (χ2v) is 5.59. The van der Waals surface area contributed by atoms with Crippen LogP contribution in [0, 0.1) is 11.3 Å². The number of nitrogens with zero attached hydrogens (tertiary/aromatic N) is 1. The number of nitrogens with two attached hydrogens (primary N) is 1. The van der Waals surface area contributed by atoms with Crippen molar-refractivity contribution in [2.75, 3.05) is 13.1 Å². The van der Waals surface area contributed by atoms with Gasteiger partial charge in [-0.15, -0.1) is 0 Å². The third-order valence-electron chi connectivity index (χ3n) is 2.07. The molecule has 0 fully saturated rings. The number of primary amides is 1. The Kier molecular flexibility index (Phi) is 5.11. The van der Waals surface area contributed by atoms with Crippen LogP contribution in [-0.2, 0) is 10.0 Å². The first-order chi connectivity index (χ1) is 8.86. The lowest BCUT2D eigenvalue weighted by Gasteiger charge is -2.08. The first-order valence-electron chi connectivity index (χ1n) is 5.09. The first-order valence-corrected chi connectivity index (χ1v) is 6.95. The van der Waals surface area contributed by atoms with Gasteiger partial charge in [0.05, 0.1) is 16.7 Å². The largest absolute Gasteiger partial charge is 0.352 e. The van der Waals surface area contributed by atoms with Crippen molar-refractivity contribution in [3.8, 4) is 6.07 Å². The molecule has 1 aromatic rings. The van der Waals surface area contributed by atoms with Gasteiger partial charge < -0.3 is 11.1 Å². The molecule has 9 heteroatoms. The maximum atomic E-state index is 11.9. The highest BCUT2D eigenvalue weighted by atomic mass is 35.5. The topological polar surface area (TPSA) is 125 Å². The van der Waals surface area contributed by atoms with Gasteiger partial charge in [0.1, 0.15) is 4.90 Å². The van der Waals surface area contributed by atoms with Crippen molar-refractivity contribution in [2.24, 2.45) is 5.73 Å². The Morgan fingerprint density at radius 3 is 2.63 bits per heavy atom. The Morgan fingerprint density at radius 1 is 1.42 bits per heavy atom. The van der Waals surface area contributed by atoms with Crippen LogP contribution in [0.4, 0.5) is 4.79 Å². The smallest absolute Gasteiger partial charge is 0.312 e. The Hall–Kier alpha value is -1.82. The number of benzene rings is 1. The quantitative estimate of drug-likeness (QED) is 0.670. The Labute approximate surface area is 115 Å². The van der Waals surface area contributed by atoms with Gasteiger partial charge in [-0.05, 0) is 18.2 Å². The molecular weight excluding hydrogens is 292 g/mol. The number of rotatable bonds is 5. The molecule has 0 aliphatic rings. The average Bonchev–Trinajstić information content (AvgIpc) is 2.34. The molecule has 4 N–H and O–H groups in total. The van der Waals surface area contributed by atoms with E-state index in [1.54, 1.807) is 0 Å². The van der Waals surface area contributed by atoms with Crippen molar-refractivity contribution >= 4 is 27.7 Å². The first kappa shape index (κ1) is 15.2. The number of halogens is 1. The number of hydrogen-bond donors (Lipinski definition) is 3. The summed E-state index contributed by atoms with van der Waals surface area (Å²) >= 11 is 5.80. The monoisotopic (exact) mass is 302 g/mol. The van der Waals surface area contributed by atoms with E-state index in [2.05, 4.69) is 10.0 Å². The SMILES string of the molecule is N#Cc1ccc(S(=O)(=O)NCCNC(N)=O)c(Cl)c1. The lowest BCUT2D eigenvalue weighted by molar-refractivity contribution is 0.249. The predicted octanol–water partition coefficient (Wildman–Crippen LogP) is 0.158. The fourth-order valence-corrected chi connectivity index (χ4v) is 2.81. The van der Waals surface area contributed by atoms with Gasteiger partial charge in [-0.1, -0.05) is 11.6 Å². The maximum absolute atomic E-state index is 11.9. The summed E-state index contributed by atoms with van der Waals surface area (Å²) in [6.45, 7) is 0.0318. The minimum Gasteiger partial charge on any atom is -0.352 e. The van der Waals surface area contributed by atoms with Gasteiger partial charge in [0, 0.05) is 13.1 Å². The summed E-state index contributed by atoms with van der Waals surface area (Å²) in [6.07, 6.45) is 0. The van der Waals surface area contributed by atoms with E-state index >= 15 is 0 Å². The van der Waals surface area contributed by atoms with E-state index in [1.165, 1.54) is 18.2 Å². The molecule has 7 nitrogen and oxygen atoms in total. The molecule has 1 aromatic carbocycles. The molecule has 0 saturated heterocycles. The van der Waals surface area contributed by atoms with Gasteiger partial charge in [0.15, 0.2) is 0 Å².